The number of aromatic hydroxyl groups is 1. The van der Waals surface area contributed by atoms with Crippen molar-refractivity contribution >= 4 is 23.2 Å². The number of benzene rings is 1. The van der Waals surface area contributed by atoms with Crippen LogP contribution in [0.25, 0.3) is 0 Å². The number of phenols is 1. The van der Waals surface area contributed by atoms with Crippen LogP contribution in [0, 0.1) is 6.92 Å². The van der Waals surface area contributed by atoms with E-state index in [4.69, 9.17) is 0 Å². The second kappa shape index (κ2) is 7.00. The summed E-state index contributed by atoms with van der Waals surface area (Å²) < 4.78 is 0. The number of nitrogens with zero attached hydrogens (tertiary/aromatic N) is 2. The van der Waals surface area contributed by atoms with Crippen LogP contribution < -0.4 is 5.32 Å². The lowest BCUT2D eigenvalue weighted by Gasteiger charge is -2.24. The monoisotopic (exact) mass is 345 g/mol. The molecule has 1 unspecified atom stereocenters. The summed E-state index contributed by atoms with van der Waals surface area (Å²) in [5.74, 6) is -0.552. The third-order valence-corrected chi connectivity index (χ3v) is 4.88. The molecular formula is C17H19N3O3S. The first kappa shape index (κ1) is 16.4. The molecule has 2 aromatic rings. The molecule has 6 nitrogen and oxygen atoms in total. The summed E-state index contributed by atoms with van der Waals surface area (Å²) in [5, 5.41) is 15.6. The molecule has 0 radical (unpaired) electrons. The Kier molecular flexibility index (Phi) is 4.80. The second-order valence-corrected chi connectivity index (χ2v) is 6.81. The Bertz CT molecular complexity index is 759. The van der Waals surface area contributed by atoms with Crippen LogP contribution in [-0.4, -0.2) is 39.4 Å². The van der Waals surface area contributed by atoms with Gasteiger partial charge in [-0.2, -0.15) is 0 Å². The third-order valence-electron chi connectivity index (χ3n) is 4.06. The van der Waals surface area contributed by atoms with Gasteiger partial charge in [0.25, 0.3) is 5.91 Å². The van der Waals surface area contributed by atoms with E-state index in [9.17, 15) is 14.7 Å². The van der Waals surface area contributed by atoms with Crippen molar-refractivity contribution in [1.29, 1.82) is 0 Å². The van der Waals surface area contributed by atoms with E-state index in [1.165, 1.54) is 22.3 Å². The highest BCUT2D eigenvalue weighted by atomic mass is 32.1. The number of carbonyl (C=O) groups is 2. The van der Waals surface area contributed by atoms with Gasteiger partial charge in [0.2, 0.25) is 5.91 Å². The van der Waals surface area contributed by atoms with Gasteiger partial charge in [-0.25, -0.2) is 4.98 Å². The summed E-state index contributed by atoms with van der Waals surface area (Å²) in [4.78, 5) is 31.0. The number of likely N-dealkylation sites (tertiary alicyclic amines) is 1. The van der Waals surface area contributed by atoms with Crippen molar-refractivity contribution in [2.45, 2.75) is 32.4 Å². The zero-order valence-electron chi connectivity index (χ0n) is 13.4. The van der Waals surface area contributed by atoms with Crippen LogP contribution in [0.5, 0.6) is 5.75 Å². The maximum Gasteiger partial charge on any atom is 0.258 e. The number of phenolic OH excluding ortho intramolecular Hbond substituents is 1. The predicted octanol–water partition coefficient (Wildman–Crippen LogP) is 2.08. The fraction of sp³-hybridized carbons (Fsp3) is 0.353. The van der Waals surface area contributed by atoms with E-state index >= 15 is 0 Å². The average molecular weight is 345 g/mol. The Hall–Kier alpha value is -2.41. The van der Waals surface area contributed by atoms with Gasteiger partial charge < -0.3 is 15.3 Å². The maximum atomic E-state index is 12.6. The number of thiazole rings is 1. The number of hydrogen-bond acceptors (Lipinski definition) is 5. The molecule has 24 heavy (non-hydrogen) atoms. The standard InChI is InChI=1S/C17H19N3O3S/c1-11-19-12(10-24-11)9-18-16(22)14-6-4-8-20(14)17(23)13-5-2-3-7-15(13)21/h2-3,5,7,10,14,21H,4,6,8-9H2,1H3,(H,18,22). The van der Waals surface area contributed by atoms with Crippen molar-refractivity contribution < 1.29 is 14.7 Å². The van der Waals surface area contributed by atoms with Crippen LogP contribution in [0.1, 0.15) is 33.9 Å². The van der Waals surface area contributed by atoms with Gasteiger partial charge in [-0.15, -0.1) is 11.3 Å². The Morgan fingerprint density at radius 3 is 2.92 bits per heavy atom. The minimum atomic E-state index is -0.503. The summed E-state index contributed by atoms with van der Waals surface area (Å²) in [6.45, 7) is 2.79. The molecule has 2 heterocycles. The molecule has 3 rings (SSSR count). The van der Waals surface area contributed by atoms with Gasteiger partial charge in [-0.05, 0) is 31.9 Å². The molecule has 0 spiro atoms. The van der Waals surface area contributed by atoms with E-state index < -0.39 is 6.04 Å². The molecule has 1 aromatic heterocycles. The molecule has 2 amide bonds. The number of hydrogen-bond donors (Lipinski definition) is 2. The fourth-order valence-corrected chi connectivity index (χ4v) is 3.49. The van der Waals surface area contributed by atoms with Crippen molar-refractivity contribution in [2.24, 2.45) is 0 Å². The molecule has 1 saturated heterocycles. The number of aryl methyl sites for hydroxylation is 1. The smallest absolute Gasteiger partial charge is 0.258 e. The van der Waals surface area contributed by atoms with Crippen LogP contribution >= 0.6 is 11.3 Å². The SMILES string of the molecule is Cc1nc(CNC(=O)C2CCCN2C(=O)c2ccccc2O)cs1. The van der Waals surface area contributed by atoms with E-state index in [1.807, 2.05) is 12.3 Å². The Balaban J connectivity index is 1.67. The molecule has 2 N–H and O–H groups in total. The fourth-order valence-electron chi connectivity index (χ4n) is 2.88. The number of aromatic nitrogens is 1. The quantitative estimate of drug-likeness (QED) is 0.889. The third kappa shape index (κ3) is 3.41. The van der Waals surface area contributed by atoms with Gasteiger partial charge in [0.1, 0.15) is 11.8 Å². The first-order valence-corrected chi connectivity index (χ1v) is 8.72. The minimum absolute atomic E-state index is 0.0634. The molecule has 1 aliphatic heterocycles. The van der Waals surface area contributed by atoms with E-state index in [-0.39, 0.29) is 23.1 Å². The number of rotatable bonds is 4. The van der Waals surface area contributed by atoms with Gasteiger partial charge in [0.05, 0.1) is 22.8 Å². The lowest BCUT2D eigenvalue weighted by Crippen LogP contribution is -2.45. The Morgan fingerprint density at radius 1 is 1.42 bits per heavy atom. The summed E-state index contributed by atoms with van der Waals surface area (Å²) in [6.07, 6.45) is 1.40. The molecule has 1 atom stereocenters. The topological polar surface area (TPSA) is 82.5 Å². The number of para-hydroxylation sites is 1. The van der Waals surface area contributed by atoms with Crippen molar-refractivity contribution in [3.8, 4) is 5.75 Å². The number of amides is 2. The van der Waals surface area contributed by atoms with E-state index in [1.54, 1.807) is 18.2 Å². The van der Waals surface area contributed by atoms with Crippen LogP contribution in [0.4, 0.5) is 0 Å². The zero-order chi connectivity index (χ0) is 17.1. The predicted molar refractivity (Wildman–Crippen MR) is 90.9 cm³/mol. The van der Waals surface area contributed by atoms with Gasteiger partial charge >= 0.3 is 0 Å². The largest absolute Gasteiger partial charge is 0.507 e. The normalized spacial score (nSPS) is 17.0. The number of carbonyl (C=O) groups excluding carboxylic acids is 2. The van der Waals surface area contributed by atoms with Gasteiger partial charge in [0.15, 0.2) is 0 Å². The first-order chi connectivity index (χ1) is 11.6. The molecule has 0 saturated carbocycles. The number of nitrogens with one attached hydrogen (secondary N) is 1. The first-order valence-electron chi connectivity index (χ1n) is 7.84. The molecule has 1 aliphatic rings. The summed E-state index contributed by atoms with van der Waals surface area (Å²) >= 11 is 1.54. The molecule has 1 fully saturated rings. The van der Waals surface area contributed by atoms with E-state index in [0.717, 1.165) is 17.1 Å². The molecular weight excluding hydrogens is 326 g/mol. The van der Waals surface area contributed by atoms with Crippen molar-refractivity contribution in [3.63, 3.8) is 0 Å². The van der Waals surface area contributed by atoms with Crippen LogP contribution in [-0.2, 0) is 11.3 Å². The molecule has 1 aromatic carbocycles. The van der Waals surface area contributed by atoms with Crippen LogP contribution in [0.15, 0.2) is 29.6 Å². The second-order valence-electron chi connectivity index (χ2n) is 5.75. The van der Waals surface area contributed by atoms with Gasteiger partial charge in [-0.3, -0.25) is 9.59 Å². The Labute approximate surface area is 144 Å². The summed E-state index contributed by atoms with van der Waals surface area (Å²) in [7, 11) is 0. The highest BCUT2D eigenvalue weighted by Gasteiger charge is 2.35. The molecule has 126 valence electrons. The van der Waals surface area contributed by atoms with Crippen LogP contribution in [0.2, 0.25) is 0 Å². The lowest BCUT2D eigenvalue weighted by molar-refractivity contribution is -0.125. The molecule has 0 bridgehead atoms. The lowest BCUT2D eigenvalue weighted by atomic mass is 10.1. The highest BCUT2D eigenvalue weighted by molar-refractivity contribution is 7.09. The van der Waals surface area contributed by atoms with Crippen molar-refractivity contribution in [2.75, 3.05) is 6.54 Å². The highest BCUT2D eigenvalue weighted by Crippen LogP contribution is 2.24. The summed E-state index contributed by atoms with van der Waals surface area (Å²) in [6, 6.07) is 5.90. The molecule has 0 aliphatic carbocycles. The minimum Gasteiger partial charge on any atom is -0.507 e. The zero-order valence-corrected chi connectivity index (χ0v) is 14.2. The van der Waals surface area contributed by atoms with Crippen LogP contribution in [0.3, 0.4) is 0 Å². The van der Waals surface area contributed by atoms with Crippen molar-refractivity contribution in [1.82, 2.24) is 15.2 Å². The van der Waals surface area contributed by atoms with E-state index in [0.29, 0.717) is 19.5 Å². The van der Waals surface area contributed by atoms with Crippen molar-refractivity contribution in [3.05, 3.63) is 45.9 Å². The van der Waals surface area contributed by atoms with Gasteiger partial charge in [-0.1, -0.05) is 12.1 Å². The molecule has 7 heteroatoms. The van der Waals surface area contributed by atoms with Gasteiger partial charge in [0, 0.05) is 11.9 Å². The summed E-state index contributed by atoms with van der Waals surface area (Å²) in [5.41, 5.74) is 1.05. The van der Waals surface area contributed by atoms with E-state index in [2.05, 4.69) is 10.3 Å². The maximum absolute atomic E-state index is 12.6. The Morgan fingerprint density at radius 2 is 2.21 bits per heavy atom. The average Bonchev–Trinajstić information content (AvgIpc) is 3.21.